The van der Waals surface area contributed by atoms with Crippen molar-refractivity contribution in [1.29, 1.82) is 0 Å². The van der Waals surface area contributed by atoms with Crippen molar-refractivity contribution in [3.8, 4) is 11.3 Å². The molecular weight excluding hydrogens is 364 g/mol. The van der Waals surface area contributed by atoms with E-state index in [1.807, 2.05) is 54.4 Å². The van der Waals surface area contributed by atoms with E-state index in [0.717, 1.165) is 55.7 Å². The Morgan fingerprint density at radius 2 is 2.00 bits per heavy atom. The minimum absolute atomic E-state index is 0.0745. The number of benzene rings is 1. The summed E-state index contributed by atoms with van der Waals surface area (Å²) in [6.45, 7) is 2.02. The average molecular weight is 395 g/mol. The predicted molar refractivity (Wildman–Crippen MR) is 115 cm³/mol. The minimum Gasteiger partial charge on any atom is -0.380 e. The molecule has 1 N–H and O–H groups in total. The van der Waals surface area contributed by atoms with Crippen molar-refractivity contribution in [2.24, 2.45) is 0 Å². The Balaban J connectivity index is 1.46. The lowest BCUT2D eigenvalue weighted by Gasteiger charge is -2.35. The molecule has 1 aromatic heterocycles. The standard InChI is InChI=1S/C23H30N4O2/c1-26(20-11-6-12-21(20)27-15-13-18(16-27)29-2)23(28)25-19-10-7-14-24-22(19)17-8-4-3-5-9-17/h3-5,7-10,14,18,20-21H,6,11-13,15-16H2,1-2H3,(H,25,28)/t18?,20-,21+/m0/s1. The number of carbonyl (C=O) groups is 1. The van der Waals surface area contributed by atoms with Crippen molar-refractivity contribution >= 4 is 11.7 Å². The summed E-state index contributed by atoms with van der Waals surface area (Å²) in [6.07, 6.45) is 6.49. The molecule has 0 radical (unpaired) electrons. The molecule has 1 saturated heterocycles. The van der Waals surface area contributed by atoms with E-state index in [-0.39, 0.29) is 12.1 Å². The highest BCUT2D eigenvalue weighted by Crippen LogP contribution is 2.32. The molecule has 2 fully saturated rings. The number of pyridine rings is 1. The zero-order valence-corrected chi connectivity index (χ0v) is 17.3. The predicted octanol–water partition coefficient (Wildman–Crippen LogP) is 3.85. The van der Waals surface area contributed by atoms with Crippen LogP contribution in [0.5, 0.6) is 0 Å². The third-order valence-corrected chi connectivity index (χ3v) is 6.34. The molecule has 0 bridgehead atoms. The number of likely N-dealkylation sites (N-methyl/N-ethyl adjacent to an activating group) is 1. The van der Waals surface area contributed by atoms with Gasteiger partial charge in [-0.15, -0.1) is 0 Å². The third-order valence-electron chi connectivity index (χ3n) is 6.34. The van der Waals surface area contributed by atoms with Crippen LogP contribution in [0.1, 0.15) is 25.7 Å². The topological polar surface area (TPSA) is 57.7 Å². The van der Waals surface area contributed by atoms with Gasteiger partial charge >= 0.3 is 6.03 Å². The van der Waals surface area contributed by atoms with Crippen molar-refractivity contribution < 1.29 is 9.53 Å². The lowest BCUT2D eigenvalue weighted by atomic mass is 10.1. The van der Waals surface area contributed by atoms with Gasteiger partial charge in [0, 0.05) is 51.1 Å². The molecule has 2 amide bonds. The van der Waals surface area contributed by atoms with E-state index in [2.05, 4.69) is 15.2 Å². The van der Waals surface area contributed by atoms with Gasteiger partial charge in [0.1, 0.15) is 0 Å². The Morgan fingerprint density at radius 3 is 2.76 bits per heavy atom. The van der Waals surface area contributed by atoms with Crippen molar-refractivity contribution in [3.63, 3.8) is 0 Å². The summed E-state index contributed by atoms with van der Waals surface area (Å²) in [4.78, 5) is 22.0. The Bertz CT molecular complexity index is 829. The summed E-state index contributed by atoms with van der Waals surface area (Å²) in [5, 5.41) is 3.10. The SMILES string of the molecule is COC1CCN([C@@H]2CCC[C@@H]2N(C)C(=O)Nc2cccnc2-c2ccccc2)C1. The van der Waals surface area contributed by atoms with Crippen molar-refractivity contribution in [3.05, 3.63) is 48.7 Å². The summed E-state index contributed by atoms with van der Waals surface area (Å²) in [5.74, 6) is 0. The maximum atomic E-state index is 13.1. The lowest BCUT2D eigenvalue weighted by Crippen LogP contribution is -2.50. The summed E-state index contributed by atoms with van der Waals surface area (Å²) >= 11 is 0. The first kappa shape index (κ1) is 19.9. The van der Waals surface area contributed by atoms with Crippen LogP contribution in [0, 0.1) is 0 Å². The quantitative estimate of drug-likeness (QED) is 0.837. The maximum Gasteiger partial charge on any atom is 0.321 e. The number of hydrogen-bond donors (Lipinski definition) is 1. The number of hydrogen-bond acceptors (Lipinski definition) is 4. The number of amides is 2. The van der Waals surface area contributed by atoms with Crippen molar-refractivity contribution in [1.82, 2.24) is 14.8 Å². The number of anilines is 1. The molecule has 2 aliphatic rings. The smallest absolute Gasteiger partial charge is 0.321 e. The van der Waals surface area contributed by atoms with Gasteiger partial charge in [0.25, 0.3) is 0 Å². The molecule has 1 aromatic carbocycles. The van der Waals surface area contributed by atoms with E-state index >= 15 is 0 Å². The molecule has 1 aliphatic carbocycles. The van der Waals surface area contributed by atoms with Crippen molar-refractivity contribution in [2.45, 2.75) is 43.9 Å². The normalized spacial score (nSPS) is 24.6. The van der Waals surface area contributed by atoms with E-state index in [0.29, 0.717) is 12.1 Å². The molecule has 154 valence electrons. The molecule has 6 heteroatoms. The van der Waals surface area contributed by atoms with Crippen LogP contribution < -0.4 is 5.32 Å². The molecule has 6 nitrogen and oxygen atoms in total. The molecule has 29 heavy (non-hydrogen) atoms. The molecule has 1 unspecified atom stereocenters. The first-order valence-electron chi connectivity index (χ1n) is 10.5. The molecule has 1 aliphatic heterocycles. The van der Waals surface area contributed by atoms with Gasteiger partial charge in [-0.1, -0.05) is 30.3 Å². The number of urea groups is 1. The van der Waals surface area contributed by atoms with E-state index in [9.17, 15) is 4.79 Å². The van der Waals surface area contributed by atoms with Gasteiger partial charge in [-0.25, -0.2) is 4.79 Å². The lowest BCUT2D eigenvalue weighted by molar-refractivity contribution is 0.0907. The highest BCUT2D eigenvalue weighted by atomic mass is 16.5. The number of nitrogens with one attached hydrogen (secondary N) is 1. The van der Waals surface area contributed by atoms with Gasteiger partial charge in [-0.3, -0.25) is 9.88 Å². The van der Waals surface area contributed by atoms with Crippen LogP contribution in [0.25, 0.3) is 11.3 Å². The van der Waals surface area contributed by atoms with Crippen LogP contribution in [0.2, 0.25) is 0 Å². The molecule has 0 spiro atoms. The van der Waals surface area contributed by atoms with Gasteiger partial charge in [0.05, 0.1) is 17.5 Å². The zero-order chi connectivity index (χ0) is 20.2. The highest BCUT2D eigenvalue weighted by Gasteiger charge is 2.39. The van der Waals surface area contributed by atoms with E-state index in [4.69, 9.17) is 4.74 Å². The zero-order valence-electron chi connectivity index (χ0n) is 17.3. The molecule has 3 atom stereocenters. The number of carbonyl (C=O) groups excluding carboxylic acids is 1. The number of ether oxygens (including phenoxy) is 1. The largest absolute Gasteiger partial charge is 0.380 e. The first-order chi connectivity index (χ1) is 14.2. The monoisotopic (exact) mass is 394 g/mol. The number of nitrogens with zero attached hydrogens (tertiary/aromatic N) is 3. The average Bonchev–Trinajstić information content (AvgIpc) is 3.43. The van der Waals surface area contributed by atoms with E-state index in [1.165, 1.54) is 0 Å². The van der Waals surface area contributed by atoms with Gasteiger partial charge in [-0.2, -0.15) is 0 Å². The Labute approximate surface area is 172 Å². The van der Waals surface area contributed by atoms with Gasteiger partial charge in [0.15, 0.2) is 0 Å². The summed E-state index contributed by atoms with van der Waals surface area (Å²) in [5.41, 5.74) is 2.53. The summed E-state index contributed by atoms with van der Waals surface area (Å²) < 4.78 is 5.54. The second-order valence-electron chi connectivity index (χ2n) is 8.01. The summed E-state index contributed by atoms with van der Waals surface area (Å²) in [6, 6.07) is 14.3. The van der Waals surface area contributed by atoms with Gasteiger partial charge in [0.2, 0.25) is 0 Å². The summed E-state index contributed by atoms with van der Waals surface area (Å²) in [7, 11) is 3.71. The van der Waals surface area contributed by atoms with Crippen LogP contribution in [0.4, 0.5) is 10.5 Å². The Hall–Kier alpha value is -2.44. The second kappa shape index (κ2) is 8.93. The fourth-order valence-corrected chi connectivity index (χ4v) is 4.73. The van der Waals surface area contributed by atoms with Gasteiger partial charge < -0.3 is 15.0 Å². The van der Waals surface area contributed by atoms with Crippen LogP contribution in [-0.2, 0) is 4.74 Å². The molecular formula is C23H30N4O2. The highest BCUT2D eigenvalue weighted by molar-refractivity contribution is 5.93. The van der Waals surface area contributed by atoms with Crippen molar-refractivity contribution in [2.75, 3.05) is 32.6 Å². The molecule has 1 saturated carbocycles. The second-order valence-corrected chi connectivity index (χ2v) is 8.01. The number of likely N-dealkylation sites (tertiary alicyclic amines) is 1. The fourth-order valence-electron chi connectivity index (χ4n) is 4.73. The van der Waals surface area contributed by atoms with Crippen LogP contribution in [0.15, 0.2) is 48.7 Å². The van der Waals surface area contributed by atoms with E-state index in [1.54, 1.807) is 13.3 Å². The molecule has 2 heterocycles. The fraction of sp³-hybridized carbons (Fsp3) is 0.478. The minimum atomic E-state index is -0.0745. The third kappa shape index (κ3) is 4.28. The number of rotatable bonds is 5. The van der Waals surface area contributed by atoms with Crippen LogP contribution in [-0.4, -0.2) is 66.2 Å². The number of aromatic nitrogens is 1. The van der Waals surface area contributed by atoms with Gasteiger partial charge in [-0.05, 0) is 37.8 Å². The first-order valence-corrected chi connectivity index (χ1v) is 10.5. The number of methoxy groups -OCH3 is 1. The maximum absolute atomic E-state index is 13.1. The molecule has 2 aromatic rings. The van der Waals surface area contributed by atoms with Crippen LogP contribution in [0.3, 0.4) is 0 Å². The Kier molecular flexibility index (Phi) is 6.11. The van der Waals surface area contributed by atoms with Crippen LogP contribution >= 0.6 is 0 Å². The molecule has 4 rings (SSSR count). The van der Waals surface area contributed by atoms with E-state index < -0.39 is 0 Å². The Morgan fingerprint density at radius 1 is 1.17 bits per heavy atom.